The number of nitrogens with two attached hydrogens (primary N) is 1. The first kappa shape index (κ1) is 16.5. The lowest BCUT2D eigenvalue weighted by Crippen LogP contribution is -2.76. The lowest BCUT2D eigenvalue weighted by molar-refractivity contribution is -0.171. The fourth-order valence-corrected chi connectivity index (χ4v) is 3.96. The van der Waals surface area contributed by atoms with Crippen molar-refractivity contribution in [1.82, 2.24) is 5.32 Å². The molecule has 0 heterocycles. The van der Waals surface area contributed by atoms with Crippen LogP contribution in [0.5, 0.6) is 0 Å². The topological polar surface area (TPSA) is 64.3 Å². The number of carbonyl (C=O) groups excluding carboxylic acids is 1. The molecule has 0 saturated heterocycles. The molecule has 3 N–H and O–H groups in total. The number of ether oxygens (including phenoxy) is 1. The summed E-state index contributed by atoms with van der Waals surface area (Å²) in [5.41, 5.74) is 8.05. The molecule has 3 unspecified atom stereocenters. The lowest BCUT2D eigenvalue weighted by Gasteiger charge is -2.57. The first-order valence-electron chi connectivity index (χ1n) is 8.66. The van der Waals surface area contributed by atoms with Crippen LogP contribution in [0.4, 0.5) is 0 Å². The Bertz CT molecular complexity index is 599. The molecule has 0 aliphatic heterocycles. The zero-order valence-corrected chi connectivity index (χ0v) is 14.4. The normalized spacial score (nSPS) is 31.8. The minimum absolute atomic E-state index is 0.0252. The van der Waals surface area contributed by atoms with Crippen LogP contribution < -0.4 is 11.1 Å². The van der Waals surface area contributed by atoms with Crippen LogP contribution in [-0.2, 0) is 22.4 Å². The van der Waals surface area contributed by atoms with Crippen molar-refractivity contribution in [2.24, 2.45) is 11.1 Å². The van der Waals surface area contributed by atoms with Gasteiger partial charge < -0.3 is 15.8 Å². The molecule has 0 aromatic heterocycles. The lowest BCUT2D eigenvalue weighted by atomic mass is 9.54. The number of benzene rings is 1. The summed E-state index contributed by atoms with van der Waals surface area (Å²) in [7, 11) is 0. The Labute approximate surface area is 138 Å². The molecule has 4 heteroatoms. The monoisotopic (exact) mass is 316 g/mol. The van der Waals surface area contributed by atoms with E-state index in [4.69, 9.17) is 10.5 Å². The largest absolute Gasteiger partial charge is 0.378 e. The molecule has 0 spiro atoms. The molecule has 2 aliphatic carbocycles. The number of hydrogen-bond acceptors (Lipinski definition) is 3. The summed E-state index contributed by atoms with van der Waals surface area (Å²) in [4.78, 5) is 12.8. The Kier molecular flexibility index (Phi) is 4.23. The third-order valence-corrected chi connectivity index (χ3v) is 5.92. The summed E-state index contributed by atoms with van der Waals surface area (Å²) in [5, 5.41) is 3.20. The molecule has 3 atom stereocenters. The summed E-state index contributed by atoms with van der Waals surface area (Å²) < 4.78 is 5.72. The first-order chi connectivity index (χ1) is 10.9. The van der Waals surface area contributed by atoms with E-state index in [1.807, 2.05) is 20.8 Å². The van der Waals surface area contributed by atoms with Crippen molar-refractivity contribution in [2.75, 3.05) is 6.61 Å². The number of fused-ring (bicyclic) bond motifs is 1. The first-order valence-corrected chi connectivity index (χ1v) is 8.66. The van der Waals surface area contributed by atoms with E-state index in [2.05, 4.69) is 29.6 Å². The molecule has 3 rings (SSSR count). The summed E-state index contributed by atoms with van der Waals surface area (Å²) in [6.45, 7) is 6.70. The Morgan fingerprint density at radius 2 is 2.04 bits per heavy atom. The van der Waals surface area contributed by atoms with E-state index in [1.54, 1.807) is 0 Å². The summed E-state index contributed by atoms with van der Waals surface area (Å²) in [6.07, 6.45) is 3.56. The Morgan fingerprint density at radius 3 is 2.70 bits per heavy atom. The van der Waals surface area contributed by atoms with Gasteiger partial charge in [-0.25, -0.2) is 0 Å². The van der Waals surface area contributed by atoms with Crippen LogP contribution >= 0.6 is 0 Å². The second-order valence-electron chi connectivity index (χ2n) is 7.52. The molecule has 1 aromatic rings. The molecule has 126 valence electrons. The predicted octanol–water partition coefficient (Wildman–Crippen LogP) is 2.19. The molecule has 0 radical (unpaired) electrons. The quantitative estimate of drug-likeness (QED) is 0.895. The van der Waals surface area contributed by atoms with E-state index < -0.39 is 5.54 Å². The maximum atomic E-state index is 12.8. The van der Waals surface area contributed by atoms with Gasteiger partial charge in [-0.1, -0.05) is 38.1 Å². The minimum Gasteiger partial charge on any atom is -0.378 e. The van der Waals surface area contributed by atoms with Crippen molar-refractivity contribution in [1.29, 1.82) is 0 Å². The molecule has 1 amide bonds. The van der Waals surface area contributed by atoms with Gasteiger partial charge in [0.2, 0.25) is 5.91 Å². The van der Waals surface area contributed by atoms with Crippen LogP contribution in [0.25, 0.3) is 0 Å². The van der Waals surface area contributed by atoms with Gasteiger partial charge in [0.05, 0.1) is 6.10 Å². The van der Waals surface area contributed by atoms with E-state index in [-0.39, 0.29) is 23.5 Å². The van der Waals surface area contributed by atoms with Crippen LogP contribution in [0.15, 0.2) is 24.3 Å². The van der Waals surface area contributed by atoms with Crippen molar-refractivity contribution < 1.29 is 9.53 Å². The molecule has 1 saturated carbocycles. The SMILES string of the molecule is CCOC1CC(N)(C(=O)NC2CCc3ccccc3C2)C1(C)C. The van der Waals surface area contributed by atoms with Gasteiger partial charge in [0.15, 0.2) is 0 Å². The molecule has 1 fully saturated rings. The van der Waals surface area contributed by atoms with Crippen LogP contribution in [-0.4, -0.2) is 30.2 Å². The van der Waals surface area contributed by atoms with Crippen molar-refractivity contribution in [3.8, 4) is 0 Å². The molecular formula is C19H28N2O2. The number of aryl methyl sites for hydroxylation is 1. The Hall–Kier alpha value is -1.39. The molecule has 2 aliphatic rings. The van der Waals surface area contributed by atoms with E-state index in [0.717, 1.165) is 19.3 Å². The highest BCUT2D eigenvalue weighted by atomic mass is 16.5. The van der Waals surface area contributed by atoms with Gasteiger partial charge in [-0.15, -0.1) is 0 Å². The average molecular weight is 316 g/mol. The third-order valence-electron chi connectivity index (χ3n) is 5.92. The number of hydrogen-bond donors (Lipinski definition) is 2. The van der Waals surface area contributed by atoms with Crippen LogP contribution in [0.1, 0.15) is 44.7 Å². The Balaban J connectivity index is 1.64. The van der Waals surface area contributed by atoms with Gasteiger partial charge in [0.25, 0.3) is 0 Å². The molecular weight excluding hydrogens is 288 g/mol. The van der Waals surface area contributed by atoms with Crippen LogP contribution in [0.2, 0.25) is 0 Å². The highest BCUT2D eigenvalue weighted by Crippen LogP contribution is 2.49. The fraction of sp³-hybridized carbons (Fsp3) is 0.632. The van der Waals surface area contributed by atoms with E-state index in [0.29, 0.717) is 13.0 Å². The number of nitrogens with one attached hydrogen (secondary N) is 1. The number of carbonyl (C=O) groups is 1. The van der Waals surface area contributed by atoms with E-state index in [1.165, 1.54) is 11.1 Å². The van der Waals surface area contributed by atoms with Gasteiger partial charge >= 0.3 is 0 Å². The number of rotatable bonds is 4. The zero-order chi connectivity index (χ0) is 16.7. The molecule has 23 heavy (non-hydrogen) atoms. The summed E-state index contributed by atoms with van der Waals surface area (Å²) >= 11 is 0. The highest BCUT2D eigenvalue weighted by molar-refractivity contribution is 5.89. The summed E-state index contributed by atoms with van der Waals surface area (Å²) in [5.74, 6) is -0.0252. The fourth-order valence-electron chi connectivity index (χ4n) is 3.96. The number of amides is 1. The van der Waals surface area contributed by atoms with Crippen LogP contribution in [0.3, 0.4) is 0 Å². The second kappa shape index (κ2) is 5.91. The summed E-state index contributed by atoms with van der Waals surface area (Å²) in [6, 6.07) is 8.66. The van der Waals surface area contributed by atoms with Crippen LogP contribution in [0, 0.1) is 5.41 Å². The third kappa shape index (κ3) is 2.68. The molecule has 4 nitrogen and oxygen atoms in total. The standard InChI is InChI=1S/C19H28N2O2/c1-4-23-16-12-19(20,18(16,2)3)17(22)21-15-10-9-13-7-5-6-8-14(13)11-15/h5-8,15-16H,4,9-12,20H2,1-3H3,(H,21,22). The average Bonchev–Trinajstić information content (AvgIpc) is 2.54. The van der Waals surface area contributed by atoms with Crippen molar-refractivity contribution in [3.05, 3.63) is 35.4 Å². The minimum atomic E-state index is -0.830. The van der Waals surface area contributed by atoms with Crippen molar-refractivity contribution in [2.45, 2.75) is 64.1 Å². The van der Waals surface area contributed by atoms with Crippen molar-refractivity contribution in [3.63, 3.8) is 0 Å². The van der Waals surface area contributed by atoms with Gasteiger partial charge in [0, 0.05) is 24.5 Å². The second-order valence-corrected chi connectivity index (χ2v) is 7.52. The smallest absolute Gasteiger partial charge is 0.241 e. The predicted molar refractivity (Wildman–Crippen MR) is 91.1 cm³/mol. The Morgan fingerprint density at radius 1 is 1.35 bits per heavy atom. The zero-order valence-electron chi connectivity index (χ0n) is 14.4. The maximum absolute atomic E-state index is 12.8. The van der Waals surface area contributed by atoms with Gasteiger partial charge in [-0.3, -0.25) is 4.79 Å². The van der Waals surface area contributed by atoms with E-state index >= 15 is 0 Å². The van der Waals surface area contributed by atoms with Gasteiger partial charge in [-0.2, -0.15) is 0 Å². The molecule has 1 aromatic carbocycles. The van der Waals surface area contributed by atoms with E-state index in [9.17, 15) is 4.79 Å². The van der Waals surface area contributed by atoms with Gasteiger partial charge in [0.1, 0.15) is 5.54 Å². The van der Waals surface area contributed by atoms with Gasteiger partial charge in [-0.05, 0) is 37.3 Å². The molecule has 0 bridgehead atoms. The highest BCUT2D eigenvalue weighted by Gasteiger charge is 2.63. The van der Waals surface area contributed by atoms with Crippen molar-refractivity contribution >= 4 is 5.91 Å². The maximum Gasteiger partial charge on any atom is 0.241 e.